The summed E-state index contributed by atoms with van der Waals surface area (Å²) in [6.07, 6.45) is 0.264. The molecule has 0 radical (unpaired) electrons. The van der Waals surface area contributed by atoms with Crippen molar-refractivity contribution in [3.63, 3.8) is 0 Å². The van der Waals surface area contributed by atoms with Gasteiger partial charge < -0.3 is 25.2 Å². The van der Waals surface area contributed by atoms with Gasteiger partial charge in [0.25, 0.3) is 0 Å². The lowest BCUT2D eigenvalue weighted by atomic mass is 10.1. The molecule has 0 aliphatic rings. The first-order chi connectivity index (χ1) is 10.4. The third-order valence-electron chi connectivity index (χ3n) is 3.08. The zero-order valence-electron chi connectivity index (χ0n) is 13.3. The van der Waals surface area contributed by atoms with Crippen molar-refractivity contribution in [2.45, 2.75) is 26.4 Å². The fourth-order valence-corrected chi connectivity index (χ4v) is 2.47. The fraction of sp³-hybridized carbons (Fsp3) is 0.533. The number of carbonyl (C=O) groups excluding carboxylic acids is 1. The summed E-state index contributed by atoms with van der Waals surface area (Å²) < 4.78 is 11.1. The van der Waals surface area contributed by atoms with Crippen molar-refractivity contribution >= 4 is 27.6 Å². The average Bonchev–Trinajstić information content (AvgIpc) is 2.46. The van der Waals surface area contributed by atoms with E-state index in [0.29, 0.717) is 34.6 Å². The van der Waals surface area contributed by atoms with Crippen molar-refractivity contribution in [2.75, 3.05) is 26.1 Å². The average molecular weight is 375 g/mol. The first kappa shape index (κ1) is 18.6. The Kier molecular flexibility index (Phi) is 7.47. The lowest BCUT2D eigenvalue weighted by molar-refractivity contribution is 0.163. The van der Waals surface area contributed by atoms with Crippen LogP contribution in [0.25, 0.3) is 0 Å². The molecule has 22 heavy (non-hydrogen) atoms. The highest BCUT2D eigenvalue weighted by molar-refractivity contribution is 9.10. The topological polar surface area (TPSA) is 79.8 Å². The summed E-state index contributed by atoms with van der Waals surface area (Å²) in [6.45, 7) is 4.19. The standard InChI is InChI=1S/C15H23BrN2O4/c1-9(5-10(2)19)8-17-15(20)18-12-7-14(22-4)13(21-3)6-11(12)16/h6-7,9-10,19H,5,8H2,1-4H3,(H2,17,18,20). The van der Waals surface area contributed by atoms with E-state index in [1.54, 1.807) is 26.2 Å². The summed E-state index contributed by atoms with van der Waals surface area (Å²) in [4.78, 5) is 11.9. The summed E-state index contributed by atoms with van der Waals surface area (Å²) in [5.41, 5.74) is 0.582. The number of hydrogen-bond acceptors (Lipinski definition) is 4. The van der Waals surface area contributed by atoms with Crippen LogP contribution in [0.2, 0.25) is 0 Å². The van der Waals surface area contributed by atoms with Gasteiger partial charge >= 0.3 is 6.03 Å². The number of nitrogens with one attached hydrogen (secondary N) is 2. The van der Waals surface area contributed by atoms with Gasteiger partial charge in [0.05, 0.1) is 26.0 Å². The molecule has 0 aromatic heterocycles. The molecule has 1 aromatic rings. The molecule has 0 saturated heterocycles. The smallest absolute Gasteiger partial charge is 0.319 e. The molecule has 0 fully saturated rings. The molecule has 3 N–H and O–H groups in total. The number of anilines is 1. The van der Waals surface area contributed by atoms with E-state index in [4.69, 9.17) is 9.47 Å². The normalized spacial score (nSPS) is 13.2. The summed E-state index contributed by atoms with van der Waals surface area (Å²) in [7, 11) is 3.08. The van der Waals surface area contributed by atoms with Crippen LogP contribution in [0.1, 0.15) is 20.3 Å². The van der Waals surface area contributed by atoms with Gasteiger partial charge in [0.15, 0.2) is 11.5 Å². The Labute approximate surface area is 139 Å². The second-order valence-corrected chi connectivity index (χ2v) is 6.07. The summed E-state index contributed by atoms with van der Waals surface area (Å²) in [6, 6.07) is 3.09. The monoisotopic (exact) mass is 374 g/mol. The van der Waals surface area contributed by atoms with Gasteiger partial charge in [-0.1, -0.05) is 6.92 Å². The zero-order chi connectivity index (χ0) is 16.7. The number of rotatable bonds is 7. The molecule has 1 aromatic carbocycles. The highest BCUT2D eigenvalue weighted by Crippen LogP contribution is 2.36. The van der Waals surface area contributed by atoms with Gasteiger partial charge in [-0.25, -0.2) is 4.79 Å². The minimum Gasteiger partial charge on any atom is -0.493 e. The number of hydrogen-bond donors (Lipinski definition) is 3. The van der Waals surface area contributed by atoms with Gasteiger partial charge in [0.1, 0.15) is 0 Å². The number of carbonyl (C=O) groups is 1. The number of amides is 2. The fourth-order valence-electron chi connectivity index (χ4n) is 2.05. The molecule has 124 valence electrons. The van der Waals surface area contributed by atoms with Gasteiger partial charge in [-0.2, -0.15) is 0 Å². The molecular formula is C15H23BrN2O4. The van der Waals surface area contributed by atoms with Crippen molar-refractivity contribution in [1.82, 2.24) is 5.32 Å². The minimum absolute atomic E-state index is 0.194. The molecule has 0 spiro atoms. The number of ether oxygens (including phenoxy) is 2. The lowest BCUT2D eigenvalue weighted by Crippen LogP contribution is -2.33. The van der Waals surface area contributed by atoms with Crippen LogP contribution in [0, 0.1) is 5.92 Å². The van der Waals surface area contributed by atoms with Crippen molar-refractivity contribution in [3.8, 4) is 11.5 Å². The Balaban J connectivity index is 2.64. The van der Waals surface area contributed by atoms with Crippen LogP contribution in [0.15, 0.2) is 16.6 Å². The van der Waals surface area contributed by atoms with E-state index in [1.165, 1.54) is 7.11 Å². The van der Waals surface area contributed by atoms with Crippen molar-refractivity contribution < 1.29 is 19.4 Å². The van der Waals surface area contributed by atoms with Gasteiger partial charge in [-0.3, -0.25) is 0 Å². The first-order valence-corrected chi connectivity index (χ1v) is 7.81. The summed E-state index contributed by atoms with van der Waals surface area (Å²) >= 11 is 3.38. The highest BCUT2D eigenvalue weighted by atomic mass is 79.9. The van der Waals surface area contributed by atoms with Crippen LogP contribution in [-0.2, 0) is 0 Å². The molecule has 7 heteroatoms. The molecule has 0 aliphatic carbocycles. The molecule has 1 rings (SSSR count). The SMILES string of the molecule is COc1cc(Br)c(NC(=O)NCC(C)CC(C)O)cc1OC. The van der Waals surface area contributed by atoms with Crippen LogP contribution in [0.4, 0.5) is 10.5 Å². The van der Waals surface area contributed by atoms with Crippen LogP contribution < -0.4 is 20.1 Å². The Morgan fingerprint density at radius 3 is 2.41 bits per heavy atom. The number of aliphatic hydroxyl groups excluding tert-OH is 1. The number of benzene rings is 1. The van der Waals surface area contributed by atoms with Gasteiger partial charge in [0, 0.05) is 23.2 Å². The van der Waals surface area contributed by atoms with Crippen LogP contribution in [-0.4, -0.2) is 38.0 Å². The van der Waals surface area contributed by atoms with E-state index in [9.17, 15) is 9.90 Å². The largest absolute Gasteiger partial charge is 0.493 e. The molecule has 2 amide bonds. The third-order valence-corrected chi connectivity index (χ3v) is 3.73. The van der Waals surface area contributed by atoms with Gasteiger partial charge in [-0.05, 0) is 35.2 Å². The maximum atomic E-state index is 11.9. The quantitative estimate of drug-likeness (QED) is 0.685. The Morgan fingerprint density at radius 1 is 1.27 bits per heavy atom. The summed E-state index contributed by atoms with van der Waals surface area (Å²) in [5.74, 6) is 1.30. The molecule has 0 saturated carbocycles. The molecule has 0 heterocycles. The van der Waals surface area contributed by atoms with E-state index in [1.807, 2.05) is 6.92 Å². The van der Waals surface area contributed by atoms with Gasteiger partial charge in [-0.15, -0.1) is 0 Å². The van der Waals surface area contributed by atoms with E-state index < -0.39 is 0 Å². The van der Waals surface area contributed by atoms with E-state index >= 15 is 0 Å². The molecular weight excluding hydrogens is 352 g/mol. The predicted octanol–water partition coefficient (Wildman–Crippen LogP) is 2.99. The highest BCUT2D eigenvalue weighted by Gasteiger charge is 2.13. The lowest BCUT2D eigenvalue weighted by Gasteiger charge is -2.16. The molecule has 6 nitrogen and oxygen atoms in total. The van der Waals surface area contributed by atoms with Gasteiger partial charge in [0.2, 0.25) is 0 Å². The Hall–Kier alpha value is -1.47. The van der Waals surface area contributed by atoms with Crippen LogP contribution in [0.3, 0.4) is 0 Å². The molecule has 0 bridgehead atoms. The second kappa shape index (κ2) is 8.85. The van der Waals surface area contributed by atoms with Crippen molar-refractivity contribution in [3.05, 3.63) is 16.6 Å². The Morgan fingerprint density at radius 2 is 1.86 bits per heavy atom. The molecule has 0 aliphatic heterocycles. The van der Waals surface area contributed by atoms with E-state index in [0.717, 1.165) is 0 Å². The van der Waals surface area contributed by atoms with Crippen molar-refractivity contribution in [1.29, 1.82) is 0 Å². The van der Waals surface area contributed by atoms with Crippen LogP contribution >= 0.6 is 15.9 Å². The summed E-state index contributed by atoms with van der Waals surface area (Å²) in [5, 5.41) is 14.8. The Bertz CT molecular complexity index is 509. The molecule has 2 unspecified atom stereocenters. The second-order valence-electron chi connectivity index (χ2n) is 5.21. The first-order valence-electron chi connectivity index (χ1n) is 7.01. The third kappa shape index (κ3) is 5.73. The number of methoxy groups -OCH3 is 2. The maximum Gasteiger partial charge on any atom is 0.319 e. The van der Waals surface area contributed by atoms with E-state index in [2.05, 4.69) is 26.6 Å². The molecule has 2 atom stereocenters. The predicted molar refractivity (Wildman–Crippen MR) is 89.7 cm³/mol. The minimum atomic E-state index is -0.375. The van der Waals surface area contributed by atoms with Crippen molar-refractivity contribution in [2.24, 2.45) is 5.92 Å². The van der Waals surface area contributed by atoms with E-state index in [-0.39, 0.29) is 18.1 Å². The number of aliphatic hydroxyl groups is 1. The number of urea groups is 1. The maximum absolute atomic E-state index is 11.9. The number of halogens is 1. The zero-order valence-corrected chi connectivity index (χ0v) is 14.9. The van der Waals surface area contributed by atoms with Crippen LogP contribution in [0.5, 0.6) is 11.5 Å².